The van der Waals surface area contributed by atoms with Gasteiger partial charge in [0.15, 0.2) is 0 Å². The van der Waals surface area contributed by atoms with Crippen molar-refractivity contribution >= 4 is 11.8 Å². The van der Waals surface area contributed by atoms with Gasteiger partial charge in [0.05, 0.1) is 5.69 Å². The van der Waals surface area contributed by atoms with E-state index in [1.165, 1.54) is 0 Å². The quantitative estimate of drug-likeness (QED) is 0.448. The summed E-state index contributed by atoms with van der Waals surface area (Å²) in [4.78, 5) is 23.5. The van der Waals surface area contributed by atoms with Gasteiger partial charge in [-0.25, -0.2) is 4.68 Å². The first-order chi connectivity index (χ1) is 15.6. The third kappa shape index (κ3) is 5.20. The molecule has 0 aliphatic heterocycles. The van der Waals surface area contributed by atoms with Gasteiger partial charge in [0.2, 0.25) is 5.91 Å². The number of hydrogen-bond acceptors (Lipinski definition) is 4. The number of benzene rings is 3. The fourth-order valence-electron chi connectivity index (χ4n) is 3.16. The van der Waals surface area contributed by atoms with E-state index < -0.39 is 5.91 Å². The van der Waals surface area contributed by atoms with Crippen LogP contribution >= 0.6 is 0 Å². The zero-order valence-corrected chi connectivity index (χ0v) is 17.3. The normalized spacial score (nSPS) is 10.5. The minimum atomic E-state index is -0.488. The molecule has 0 atom stereocenters. The Hall–Kier alpha value is -4.39. The molecule has 0 saturated heterocycles. The summed E-state index contributed by atoms with van der Waals surface area (Å²) in [5, 5.41) is 7.14. The standard InChI is InChI=1S/C25H22N4O3/c26-24(30)19-4-10-22(11-5-19)32-23-12-6-20(7-13-23)25(31)27-16-14-18-2-8-21(9-3-18)29-17-1-15-28-29/h1-13,15,17H,14,16H2,(H2,26,30)(H,27,31). The van der Waals surface area contributed by atoms with Crippen LogP contribution in [0.4, 0.5) is 0 Å². The highest BCUT2D eigenvalue weighted by atomic mass is 16.5. The molecule has 4 aromatic rings. The first kappa shape index (κ1) is 20.9. The molecule has 160 valence electrons. The second-order valence-corrected chi connectivity index (χ2v) is 7.14. The second-order valence-electron chi connectivity index (χ2n) is 7.14. The fourth-order valence-corrected chi connectivity index (χ4v) is 3.16. The predicted molar refractivity (Wildman–Crippen MR) is 121 cm³/mol. The van der Waals surface area contributed by atoms with Gasteiger partial charge in [-0.3, -0.25) is 9.59 Å². The third-order valence-electron chi connectivity index (χ3n) is 4.90. The number of ether oxygens (including phenoxy) is 1. The van der Waals surface area contributed by atoms with Crippen LogP contribution in [-0.2, 0) is 6.42 Å². The van der Waals surface area contributed by atoms with Gasteiger partial charge >= 0.3 is 0 Å². The molecule has 7 nitrogen and oxygen atoms in total. The Morgan fingerprint density at radius 2 is 1.50 bits per heavy atom. The molecule has 0 unspecified atom stereocenters. The van der Waals surface area contributed by atoms with Crippen molar-refractivity contribution in [1.29, 1.82) is 0 Å². The van der Waals surface area contributed by atoms with Gasteiger partial charge in [-0.15, -0.1) is 0 Å². The molecule has 0 spiro atoms. The number of carbonyl (C=O) groups excluding carboxylic acids is 2. The molecule has 2 amide bonds. The molecule has 0 radical (unpaired) electrons. The first-order valence-corrected chi connectivity index (χ1v) is 10.1. The summed E-state index contributed by atoms with van der Waals surface area (Å²) in [7, 11) is 0. The zero-order chi connectivity index (χ0) is 22.3. The number of nitrogens with zero attached hydrogens (tertiary/aromatic N) is 2. The van der Waals surface area contributed by atoms with Gasteiger partial charge < -0.3 is 15.8 Å². The molecule has 0 aliphatic carbocycles. The number of aromatic nitrogens is 2. The highest BCUT2D eigenvalue weighted by Gasteiger charge is 2.07. The van der Waals surface area contributed by atoms with Crippen LogP contribution < -0.4 is 15.8 Å². The van der Waals surface area contributed by atoms with E-state index in [2.05, 4.69) is 10.4 Å². The minimum Gasteiger partial charge on any atom is -0.457 e. The number of rotatable bonds is 8. The molecule has 7 heteroatoms. The van der Waals surface area contributed by atoms with Crippen molar-refractivity contribution in [3.05, 3.63) is 108 Å². The zero-order valence-electron chi connectivity index (χ0n) is 17.3. The largest absolute Gasteiger partial charge is 0.457 e. The lowest BCUT2D eigenvalue weighted by atomic mass is 10.1. The van der Waals surface area contributed by atoms with E-state index in [-0.39, 0.29) is 5.91 Å². The molecular formula is C25H22N4O3. The van der Waals surface area contributed by atoms with E-state index in [1.54, 1.807) is 59.4 Å². The smallest absolute Gasteiger partial charge is 0.251 e. The van der Waals surface area contributed by atoms with Crippen molar-refractivity contribution in [2.75, 3.05) is 6.54 Å². The Bertz CT molecular complexity index is 1180. The fraction of sp³-hybridized carbons (Fsp3) is 0.0800. The van der Waals surface area contributed by atoms with Crippen molar-refractivity contribution in [3.8, 4) is 17.2 Å². The van der Waals surface area contributed by atoms with E-state index >= 15 is 0 Å². The summed E-state index contributed by atoms with van der Waals surface area (Å²) in [6.07, 6.45) is 4.36. The van der Waals surface area contributed by atoms with E-state index in [9.17, 15) is 9.59 Å². The summed E-state index contributed by atoms with van der Waals surface area (Å²) in [6, 6.07) is 23.4. The molecule has 32 heavy (non-hydrogen) atoms. The Morgan fingerprint density at radius 3 is 2.06 bits per heavy atom. The van der Waals surface area contributed by atoms with Crippen LogP contribution in [0.5, 0.6) is 11.5 Å². The summed E-state index contributed by atoms with van der Waals surface area (Å²) in [5.41, 5.74) is 8.32. The van der Waals surface area contributed by atoms with Crippen LogP contribution in [0.2, 0.25) is 0 Å². The predicted octanol–water partition coefficient (Wildman–Crippen LogP) is 3.74. The lowest BCUT2D eigenvalue weighted by molar-refractivity contribution is 0.0952. The van der Waals surface area contributed by atoms with Crippen molar-refractivity contribution in [3.63, 3.8) is 0 Å². The van der Waals surface area contributed by atoms with Gasteiger partial charge in [-0.2, -0.15) is 5.10 Å². The Labute approximate surface area is 185 Å². The van der Waals surface area contributed by atoms with Crippen LogP contribution in [0.25, 0.3) is 5.69 Å². The van der Waals surface area contributed by atoms with Crippen LogP contribution in [0.15, 0.2) is 91.3 Å². The maximum Gasteiger partial charge on any atom is 0.251 e. The van der Waals surface area contributed by atoms with E-state index in [0.717, 1.165) is 17.7 Å². The van der Waals surface area contributed by atoms with Crippen LogP contribution in [0.1, 0.15) is 26.3 Å². The van der Waals surface area contributed by atoms with Gasteiger partial charge in [0, 0.05) is 30.1 Å². The topological polar surface area (TPSA) is 99.2 Å². The molecule has 3 N–H and O–H groups in total. The van der Waals surface area contributed by atoms with Crippen LogP contribution in [0.3, 0.4) is 0 Å². The van der Waals surface area contributed by atoms with Crippen molar-refractivity contribution in [2.45, 2.75) is 6.42 Å². The van der Waals surface area contributed by atoms with Gasteiger partial charge in [0.25, 0.3) is 5.91 Å². The molecule has 4 rings (SSSR count). The summed E-state index contributed by atoms with van der Waals surface area (Å²) < 4.78 is 7.53. The summed E-state index contributed by atoms with van der Waals surface area (Å²) in [6.45, 7) is 0.532. The third-order valence-corrected chi connectivity index (χ3v) is 4.90. The van der Waals surface area contributed by atoms with E-state index in [1.807, 2.05) is 36.5 Å². The average Bonchev–Trinajstić information content (AvgIpc) is 3.35. The number of nitrogens with one attached hydrogen (secondary N) is 1. The number of carbonyl (C=O) groups is 2. The molecule has 0 aliphatic rings. The van der Waals surface area contributed by atoms with Crippen molar-refractivity contribution in [1.82, 2.24) is 15.1 Å². The molecule has 1 aromatic heterocycles. The van der Waals surface area contributed by atoms with E-state index in [0.29, 0.717) is 29.2 Å². The number of primary amides is 1. The molecule has 1 heterocycles. The van der Waals surface area contributed by atoms with Crippen LogP contribution in [0, 0.1) is 0 Å². The SMILES string of the molecule is NC(=O)c1ccc(Oc2ccc(C(=O)NCCc3ccc(-n4cccn4)cc3)cc2)cc1. The average molecular weight is 426 g/mol. The lowest BCUT2D eigenvalue weighted by Gasteiger charge is -2.09. The molecule has 3 aromatic carbocycles. The molecule has 0 fully saturated rings. The summed E-state index contributed by atoms with van der Waals surface area (Å²) >= 11 is 0. The van der Waals surface area contributed by atoms with Gasteiger partial charge in [0.1, 0.15) is 11.5 Å². The van der Waals surface area contributed by atoms with Gasteiger partial charge in [-0.1, -0.05) is 12.1 Å². The summed E-state index contributed by atoms with van der Waals surface area (Å²) in [5.74, 6) is 0.533. The Morgan fingerprint density at radius 1 is 0.875 bits per heavy atom. The minimum absolute atomic E-state index is 0.143. The van der Waals surface area contributed by atoms with Crippen molar-refractivity contribution < 1.29 is 14.3 Å². The van der Waals surface area contributed by atoms with Gasteiger partial charge in [-0.05, 0) is 78.7 Å². The maximum atomic E-state index is 12.4. The highest BCUT2D eigenvalue weighted by molar-refractivity contribution is 5.94. The Balaban J connectivity index is 1.27. The number of hydrogen-bond donors (Lipinski definition) is 2. The monoisotopic (exact) mass is 426 g/mol. The van der Waals surface area contributed by atoms with Crippen molar-refractivity contribution in [2.24, 2.45) is 5.73 Å². The first-order valence-electron chi connectivity index (χ1n) is 10.1. The van der Waals surface area contributed by atoms with Crippen LogP contribution in [-0.4, -0.2) is 28.1 Å². The molecular weight excluding hydrogens is 404 g/mol. The maximum absolute atomic E-state index is 12.4. The molecule has 0 bridgehead atoms. The lowest BCUT2D eigenvalue weighted by Crippen LogP contribution is -2.25. The highest BCUT2D eigenvalue weighted by Crippen LogP contribution is 2.22. The number of amides is 2. The Kier molecular flexibility index (Phi) is 6.27. The van der Waals surface area contributed by atoms with E-state index in [4.69, 9.17) is 10.5 Å². The second kappa shape index (κ2) is 9.61. The number of nitrogens with two attached hydrogens (primary N) is 1. The molecule has 0 saturated carbocycles.